The number of halogens is 4. The molecule has 1 heterocycles. The average Bonchev–Trinajstić information content (AvgIpc) is 2.71. The fourth-order valence-electron chi connectivity index (χ4n) is 3.96. The fourth-order valence-corrected chi connectivity index (χ4v) is 4.17. The highest BCUT2D eigenvalue weighted by Crippen LogP contribution is 2.39. The Balaban J connectivity index is 1.46. The van der Waals surface area contributed by atoms with Crippen LogP contribution in [0.4, 0.5) is 13.2 Å². The van der Waals surface area contributed by atoms with Gasteiger partial charge in [-0.2, -0.15) is 13.2 Å². The molecule has 1 aliphatic carbocycles. The number of hydrogen-bond donors (Lipinski definition) is 2. The standard InChI is InChI=1S/C22H20ClF3N2O2/c23-18-12-17-13(7-10-28-20(17)29)11-19(18)30-16-5-8-21(27,9-6-16)14-1-3-15(4-2-14)22(24,25)26/h1-4,7,10-12,16H,5-6,8-9,27H2,(H,28,29)/t16-,21+. The molecule has 1 aromatic heterocycles. The second kappa shape index (κ2) is 7.63. The van der Waals surface area contributed by atoms with E-state index in [-0.39, 0.29) is 11.7 Å². The monoisotopic (exact) mass is 436 g/mol. The van der Waals surface area contributed by atoms with Crippen LogP contribution in [-0.4, -0.2) is 11.1 Å². The first-order chi connectivity index (χ1) is 14.2. The largest absolute Gasteiger partial charge is 0.489 e. The highest BCUT2D eigenvalue weighted by atomic mass is 35.5. The van der Waals surface area contributed by atoms with Crippen LogP contribution in [0, 0.1) is 0 Å². The van der Waals surface area contributed by atoms with Gasteiger partial charge in [0.05, 0.1) is 16.7 Å². The quantitative estimate of drug-likeness (QED) is 0.579. The third kappa shape index (κ3) is 4.04. The number of pyridine rings is 1. The Kier molecular flexibility index (Phi) is 5.28. The summed E-state index contributed by atoms with van der Waals surface area (Å²) < 4.78 is 44.4. The number of aromatic nitrogens is 1. The SMILES string of the molecule is N[C@]1(c2ccc(C(F)(F)F)cc2)CC[C@H](Oc2cc3cc[nH]c(=O)c3cc2Cl)CC1. The first kappa shape index (κ1) is 20.8. The van der Waals surface area contributed by atoms with Crippen molar-refractivity contribution in [1.29, 1.82) is 0 Å². The molecule has 4 rings (SSSR count). The summed E-state index contributed by atoms with van der Waals surface area (Å²) in [5.41, 5.74) is 5.61. The molecule has 0 atom stereocenters. The van der Waals surface area contributed by atoms with Gasteiger partial charge in [0.2, 0.25) is 0 Å². The zero-order valence-corrected chi connectivity index (χ0v) is 16.7. The Morgan fingerprint density at radius 1 is 1.10 bits per heavy atom. The summed E-state index contributed by atoms with van der Waals surface area (Å²) in [6.07, 6.45) is -0.483. The Bertz CT molecular complexity index is 1120. The van der Waals surface area contributed by atoms with E-state index in [0.717, 1.165) is 17.5 Å². The highest BCUT2D eigenvalue weighted by molar-refractivity contribution is 6.32. The lowest BCUT2D eigenvalue weighted by Gasteiger charge is -2.37. The van der Waals surface area contributed by atoms with Gasteiger partial charge >= 0.3 is 6.18 Å². The maximum atomic E-state index is 12.8. The van der Waals surface area contributed by atoms with Crippen molar-refractivity contribution >= 4 is 22.4 Å². The van der Waals surface area contributed by atoms with E-state index in [1.807, 2.05) is 0 Å². The molecule has 0 unspecified atom stereocenters. The molecule has 0 aliphatic heterocycles. The van der Waals surface area contributed by atoms with Crippen molar-refractivity contribution in [2.45, 2.75) is 43.5 Å². The minimum Gasteiger partial charge on any atom is -0.489 e. The number of nitrogens with one attached hydrogen (secondary N) is 1. The molecular formula is C22H20ClF3N2O2. The van der Waals surface area contributed by atoms with E-state index in [4.69, 9.17) is 22.1 Å². The molecule has 8 heteroatoms. The number of benzene rings is 2. The van der Waals surface area contributed by atoms with Gasteiger partial charge in [0.25, 0.3) is 5.56 Å². The first-order valence-corrected chi connectivity index (χ1v) is 9.98. The van der Waals surface area contributed by atoms with Gasteiger partial charge in [-0.1, -0.05) is 23.7 Å². The summed E-state index contributed by atoms with van der Waals surface area (Å²) >= 11 is 6.30. The van der Waals surface area contributed by atoms with Crippen molar-refractivity contribution in [2.24, 2.45) is 5.73 Å². The van der Waals surface area contributed by atoms with Crippen molar-refractivity contribution in [2.75, 3.05) is 0 Å². The third-order valence-electron chi connectivity index (χ3n) is 5.73. The zero-order valence-electron chi connectivity index (χ0n) is 15.9. The van der Waals surface area contributed by atoms with E-state index in [9.17, 15) is 18.0 Å². The van der Waals surface area contributed by atoms with E-state index in [1.54, 1.807) is 24.4 Å². The molecule has 0 bridgehead atoms. The number of fused-ring (bicyclic) bond motifs is 1. The van der Waals surface area contributed by atoms with Crippen LogP contribution in [0.3, 0.4) is 0 Å². The lowest BCUT2D eigenvalue weighted by molar-refractivity contribution is -0.137. The van der Waals surface area contributed by atoms with Gasteiger partial charge in [0.15, 0.2) is 0 Å². The molecule has 2 aromatic carbocycles. The van der Waals surface area contributed by atoms with E-state index in [0.29, 0.717) is 47.4 Å². The van der Waals surface area contributed by atoms with Gasteiger partial charge in [-0.3, -0.25) is 4.79 Å². The molecule has 158 valence electrons. The van der Waals surface area contributed by atoms with Gasteiger partial charge in [-0.15, -0.1) is 0 Å². The van der Waals surface area contributed by atoms with E-state index < -0.39 is 17.3 Å². The number of nitrogens with two attached hydrogens (primary N) is 1. The van der Waals surface area contributed by atoms with E-state index in [2.05, 4.69) is 4.98 Å². The summed E-state index contributed by atoms with van der Waals surface area (Å²) in [4.78, 5) is 14.5. The van der Waals surface area contributed by atoms with Crippen LogP contribution < -0.4 is 16.0 Å². The third-order valence-corrected chi connectivity index (χ3v) is 6.03. The summed E-state index contributed by atoms with van der Waals surface area (Å²) in [7, 11) is 0. The highest BCUT2D eigenvalue weighted by Gasteiger charge is 2.36. The number of alkyl halides is 3. The number of ether oxygens (including phenoxy) is 1. The Morgan fingerprint density at radius 2 is 1.77 bits per heavy atom. The predicted molar refractivity (Wildman–Crippen MR) is 110 cm³/mol. The summed E-state index contributed by atoms with van der Waals surface area (Å²) in [5, 5.41) is 1.57. The second-order valence-electron chi connectivity index (χ2n) is 7.73. The van der Waals surface area contributed by atoms with Crippen LogP contribution in [0.1, 0.15) is 36.8 Å². The minimum absolute atomic E-state index is 0.118. The molecular weight excluding hydrogens is 417 g/mol. The minimum atomic E-state index is -4.37. The van der Waals surface area contributed by atoms with Gasteiger partial charge in [0, 0.05) is 17.1 Å². The summed E-state index contributed by atoms with van der Waals surface area (Å²) in [6, 6.07) is 10.2. The van der Waals surface area contributed by atoms with E-state index in [1.165, 1.54) is 12.1 Å². The second-order valence-corrected chi connectivity index (χ2v) is 8.13. The maximum absolute atomic E-state index is 12.8. The molecule has 3 N–H and O–H groups in total. The van der Waals surface area contributed by atoms with Gasteiger partial charge < -0.3 is 15.5 Å². The fraction of sp³-hybridized carbons (Fsp3) is 0.318. The molecule has 0 saturated heterocycles. The number of rotatable bonds is 3. The van der Waals surface area contributed by atoms with E-state index >= 15 is 0 Å². The van der Waals surface area contributed by atoms with Gasteiger partial charge in [-0.05, 0) is 67.0 Å². The predicted octanol–water partition coefficient (Wildman–Crippen LogP) is 5.38. The van der Waals surface area contributed by atoms with Crippen molar-refractivity contribution < 1.29 is 17.9 Å². The van der Waals surface area contributed by atoms with Crippen molar-refractivity contribution in [3.8, 4) is 5.75 Å². The zero-order chi connectivity index (χ0) is 21.5. The molecule has 0 amide bonds. The van der Waals surface area contributed by atoms with Crippen LogP contribution in [0.15, 0.2) is 53.5 Å². The first-order valence-electron chi connectivity index (χ1n) is 9.60. The molecule has 0 spiro atoms. The normalized spacial score (nSPS) is 22.2. The number of H-pyrrole nitrogens is 1. The lowest BCUT2D eigenvalue weighted by Crippen LogP contribution is -2.42. The molecule has 30 heavy (non-hydrogen) atoms. The Hall–Kier alpha value is -2.51. The van der Waals surface area contributed by atoms with Crippen molar-refractivity contribution in [1.82, 2.24) is 4.98 Å². The lowest BCUT2D eigenvalue weighted by atomic mass is 9.76. The summed E-state index contributed by atoms with van der Waals surface area (Å²) in [6.45, 7) is 0. The van der Waals surface area contributed by atoms with Gasteiger partial charge in [-0.25, -0.2) is 0 Å². The van der Waals surface area contributed by atoms with Crippen LogP contribution >= 0.6 is 11.6 Å². The summed E-state index contributed by atoms with van der Waals surface area (Å²) in [5.74, 6) is 0.499. The Labute approximate surface area is 175 Å². The number of aromatic amines is 1. The molecule has 0 radical (unpaired) electrons. The Morgan fingerprint density at radius 3 is 2.40 bits per heavy atom. The van der Waals surface area contributed by atoms with Crippen LogP contribution in [0.25, 0.3) is 10.8 Å². The van der Waals surface area contributed by atoms with Crippen molar-refractivity contribution in [3.63, 3.8) is 0 Å². The molecule has 1 saturated carbocycles. The molecule has 4 nitrogen and oxygen atoms in total. The smallest absolute Gasteiger partial charge is 0.416 e. The maximum Gasteiger partial charge on any atom is 0.416 e. The topological polar surface area (TPSA) is 68.1 Å². The van der Waals surface area contributed by atoms with Crippen LogP contribution in [0.5, 0.6) is 5.75 Å². The molecule has 1 aliphatic rings. The molecule has 3 aromatic rings. The average molecular weight is 437 g/mol. The molecule has 1 fully saturated rings. The van der Waals surface area contributed by atoms with Crippen molar-refractivity contribution in [3.05, 3.63) is 75.2 Å². The van der Waals surface area contributed by atoms with Crippen LogP contribution in [-0.2, 0) is 11.7 Å². The number of hydrogen-bond acceptors (Lipinski definition) is 3. The van der Waals surface area contributed by atoms with Crippen LogP contribution in [0.2, 0.25) is 5.02 Å². The van der Waals surface area contributed by atoms with Gasteiger partial charge in [0.1, 0.15) is 5.75 Å².